The van der Waals surface area contributed by atoms with Gasteiger partial charge in [0, 0.05) is 6.20 Å². The average molecular weight is 147 g/mol. The first kappa shape index (κ1) is 5.18. The third kappa shape index (κ3) is 0.596. The van der Waals surface area contributed by atoms with Crippen LogP contribution in [0.2, 0.25) is 0 Å². The van der Waals surface area contributed by atoms with Crippen LogP contribution in [0.1, 0.15) is 5.69 Å². The number of ether oxygens (including phenoxy) is 2. The SMILES string of the molecule is c1cnc2c(c1)OCC1=C2O1. The molecule has 0 radical (unpaired) electrons. The van der Waals surface area contributed by atoms with Gasteiger partial charge in [0.25, 0.3) is 0 Å². The Morgan fingerprint density at radius 1 is 1.45 bits per heavy atom. The number of aromatic nitrogens is 1. The minimum Gasteiger partial charge on any atom is -0.483 e. The van der Waals surface area contributed by atoms with Crippen molar-refractivity contribution in [1.29, 1.82) is 0 Å². The van der Waals surface area contributed by atoms with Crippen molar-refractivity contribution < 1.29 is 9.47 Å². The van der Waals surface area contributed by atoms with Crippen LogP contribution in [0.4, 0.5) is 0 Å². The lowest BCUT2D eigenvalue weighted by atomic mass is 10.2. The van der Waals surface area contributed by atoms with Crippen molar-refractivity contribution in [2.75, 3.05) is 6.61 Å². The highest BCUT2D eigenvalue weighted by Crippen LogP contribution is 2.42. The van der Waals surface area contributed by atoms with Crippen molar-refractivity contribution >= 4 is 5.76 Å². The van der Waals surface area contributed by atoms with E-state index in [2.05, 4.69) is 4.98 Å². The Balaban J connectivity index is 2.25. The van der Waals surface area contributed by atoms with E-state index in [1.165, 1.54) is 0 Å². The molecule has 0 amide bonds. The fraction of sp³-hybridized carbons (Fsp3) is 0.125. The van der Waals surface area contributed by atoms with Gasteiger partial charge in [-0.15, -0.1) is 0 Å². The Morgan fingerprint density at radius 3 is 3.45 bits per heavy atom. The molecule has 54 valence electrons. The van der Waals surface area contributed by atoms with Crippen molar-refractivity contribution in [3.63, 3.8) is 0 Å². The van der Waals surface area contributed by atoms with Gasteiger partial charge in [-0.2, -0.15) is 0 Å². The normalized spacial score (nSPS) is 17.8. The van der Waals surface area contributed by atoms with E-state index < -0.39 is 0 Å². The van der Waals surface area contributed by atoms with Crippen LogP contribution in [-0.2, 0) is 4.74 Å². The number of pyridine rings is 1. The van der Waals surface area contributed by atoms with Gasteiger partial charge in [0.05, 0.1) is 0 Å². The fourth-order valence-corrected chi connectivity index (χ4v) is 1.19. The summed E-state index contributed by atoms with van der Waals surface area (Å²) < 4.78 is 10.5. The Hall–Kier alpha value is -1.51. The second-order valence-electron chi connectivity index (χ2n) is 2.49. The summed E-state index contributed by atoms with van der Waals surface area (Å²) in [5, 5.41) is 0. The number of rotatable bonds is 0. The third-order valence-electron chi connectivity index (χ3n) is 1.78. The molecule has 0 fully saturated rings. The first-order valence-corrected chi connectivity index (χ1v) is 3.44. The zero-order valence-electron chi connectivity index (χ0n) is 5.70. The van der Waals surface area contributed by atoms with Gasteiger partial charge in [0.1, 0.15) is 12.4 Å². The van der Waals surface area contributed by atoms with Crippen LogP contribution in [-0.4, -0.2) is 11.6 Å². The van der Waals surface area contributed by atoms with Gasteiger partial charge in [-0.05, 0) is 12.1 Å². The van der Waals surface area contributed by atoms with Gasteiger partial charge in [-0.1, -0.05) is 0 Å². The zero-order valence-corrected chi connectivity index (χ0v) is 5.70. The summed E-state index contributed by atoms with van der Waals surface area (Å²) in [6.45, 7) is 0.564. The summed E-state index contributed by atoms with van der Waals surface area (Å²) in [4.78, 5) is 4.13. The molecule has 0 spiro atoms. The summed E-state index contributed by atoms with van der Waals surface area (Å²) in [7, 11) is 0. The van der Waals surface area contributed by atoms with Crippen molar-refractivity contribution in [2.24, 2.45) is 0 Å². The topological polar surface area (TPSA) is 34.6 Å². The first-order valence-electron chi connectivity index (χ1n) is 3.44. The number of nitrogens with zero attached hydrogens (tertiary/aromatic N) is 1. The van der Waals surface area contributed by atoms with E-state index in [9.17, 15) is 0 Å². The molecule has 0 bridgehead atoms. The maximum atomic E-state index is 5.33. The zero-order chi connectivity index (χ0) is 7.26. The molecule has 0 aliphatic carbocycles. The van der Waals surface area contributed by atoms with Crippen LogP contribution in [0.25, 0.3) is 5.76 Å². The summed E-state index contributed by atoms with van der Waals surface area (Å²) in [6.07, 6.45) is 1.74. The molecular weight excluding hydrogens is 142 g/mol. The molecule has 11 heavy (non-hydrogen) atoms. The predicted molar refractivity (Wildman–Crippen MR) is 37.7 cm³/mol. The van der Waals surface area contributed by atoms with E-state index in [1.54, 1.807) is 6.20 Å². The van der Waals surface area contributed by atoms with Crippen molar-refractivity contribution in [3.8, 4) is 5.75 Å². The molecule has 3 nitrogen and oxygen atoms in total. The average Bonchev–Trinajstić information content (AvgIpc) is 2.83. The van der Waals surface area contributed by atoms with Crippen LogP contribution in [0, 0.1) is 0 Å². The summed E-state index contributed by atoms with van der Waals surface area (Å²) in [5.74, 6) is 2.66. The molecule has 0 atom stereocenters. The smallest absolute Gasteiger partial charge is 0.198 e. The molecule has 3 rings (SSSR count). The second kappa shape index (κ2) is 1.56. The monoisotopic (exact) mass is 147 g/mol. The van der Waals surface area contributed by atoms with E-state index in [-0.39, 0.29) is 0 Å². The number of hydrogen-bond donors (Lipinski definition) is 0. The molecule has 0 saturated carbocycles. The molecule has 2 aliphatic heterocycles. The van der Waals surface area contributed by atoms with Crippen molar-refractivity contribution in [2.45, 2.75) is 0 Å². The summed E-state index contributed by atoms with van der Waals surface area (Å²) in [5.41, 5.74) is 0.841. The van der Waals surface area contributed by atoms with Gasteiger partial charge in [-0.3, -0.25) is 0 Å². The quantitative estimate of drug-likeness (QED) is 0.552. The molecule has 1 aromatic rings. The van der Waals surface area contributed by atoms with Crippen molar-refractivity contribution in [3.05, 3.63) is 29.8 Å². The third-order valence-corrected chi connectivity index (χ3v) is 1.78. The number of fused-ring (bicyclic) bond motifs is 2. The van der Waals surface area contributed by atoms with Crippen LogP contribution in [0.15, 0.2) is 24.1 Å². The maximum absolute atomic E-state index is 5.33. The van der Waals surface area contributed by atoms with E-state index in [1.807, 2.05) is 12.1 Å². The Kier molecular flexibility index (Phi) is 0.733. The first-order chi connectivity index (χ1) is 5.45. The van der Waals surface area contributed by atoms with E-state index in [4.69, 9.17) is 9.47 Å². The molecule has 3 heterocycles. The Bertz CT molecular complexity index is 357. The van der Waals surface area contributed by atoms with Gasteiger partial charge in [-0.25, -0.2) is 4.98 Å². The Morgan fingerprint density at radius 2 is 2.45 bits per heavy atom. The fourth-order valence-electron chi connectivity index (χ4n) is 1.19. The van der Waals surface area contributed by atoms with E-state index in [0.717, 1.165) is 23.0 Å². The van der Waals surface area contributed by atoms with Gasteiger partial charge in [0.2, 0.25) is 0 Å². The molecule has 1 aromatic heterocycles. The highest BCUT2D eigenvalue weighted by Gasteiger charge is 2.35. The summed E-state index contributed by atoms with van der Waals surface area (Å²) in [6, 6.07) is 3.75. The highest BCUT2D eigenvalue weighted by molar-refractivity contribution is 5.74. The molecule has 0 unspecified atom stereocenters. The highest BCUT2D eigenvalue weighted by atomic mass is 16.6. The molecule has 0 aromatic carbocycles. The van der Waals surface area contributed by atoms with Gasteiger partial charge < -0.3 is 9.47 Å². The molecule has 0 saturated heterocycles. The molecular formula is C8H5NO2. The molecule has 2 aliphatic rings. The van der Waals surface area contributed by atoms with Crippen LogP contribution in [0.5, 0.6) is 5.75 Å². The standard InChI is InChI=1S/C8H5NO2/c1-2-5-7(9-3-1)8-6(11-8)4-10-5/h1-3H,4H2. The lowest BCUT2D eigenvalue weighted by molar-refractivity contribution is 0.324. The molecule has 3 heteroatoms. The molecule has 0 N–H and O–H groups in total. The largest absolute Gasteiger partial charge is 0.483 e. The minimum atomic E-state index is 0.564. The van der Waals surface area contributed by atoms with Gasteiger partial charge >= 0.3 is 0 Å². The van der Waals surface area contributed by atoms with Crippen LogP contribution in [0.3, 0.4) is 0 Å². The predicted octanol–water partition coefficient (Wildman–Crippen LogP) is 1.17. The summed E-state index contributed by atoms with van der Waals surface area (Å²) >= 11 is 0. The van der Waals surface area contributed by atoms with Crippen molar-refractivity contribution in [1.82, 2.24) is 4.98 Å². The minimum absolute atomic E-state index is 0.564. The van der Waals surface area contributed by atoms with Crippen LogP contribution < -0.4 is 4.74 Å². The second-order valence-corrected chi connectivity index (χ2v) is 2.49. The number of hydrogen-bond acceptors (Lipinski definition) is 3. The van der Waals surface area contributed by atoms with E-state index >= 15 is 0 Å². The lowest BCUT2D eigenvalue weighted by Crippen LogP contribution is -2.00. The maximum Gasteiger partial charge on any atom is 0.198 e. The Labute approximate surface area is 63.3 Å². The van der Waals surface area contributed by atoms with Gasteiger partial charge in [0.15, 0.2) is 17.2 Å². The van der Waals surface area contributed by atoms with Crippen LogP contribution >= 0.6 is 0 Å². The van der Waals surface area contributed by atoms with E-state index in [0.29, 0.717) is 6.61 Å². The lowest BCUT2D eigenvalue weighted by Gasteiger charge is -2.05.